The van der Waals surface area contributed by atoms with Crippen molar-refractivity contribution in [3.63, 3.8) is 0 Å². The predicted octanol–water partition coefficient (Wildman–Crippen LogP) is 2.47. The summed E-state index contributed by atoms with van der Waals surface area (Å²) in [7, 11) is 0. The van der Waals surface area contributed by atoms with Crippen molar-refractivity contribution in [1.29, 1.82) is 0 Å². The highest BCUT2D eigenvalue weighted by atomic mass is 35.5. The number of hydrogen-bond acceptors (Lipinski definition) is 5. The largest absolute Gasteiger partial charge is 0.369 e. The molecule has 2 N–H and O–H groups in total. The Bertz CT molecular complexity index is 697. The van der Waals surface area contributed by atoms with Crippen molar-refractivity contribution in [2.75, 3.05) is 13.1 Å². The lowest BCUT2D eigenvalue weighted by Crippen LogP contribution is -2.31. The van der Waals surface area contributed by atoms with Crippen LogP contribution in [0.3, 0.4) is 0 Å². The number of halogens is 1. The normalized spacial score (nSPS) is 18.1. The van der Waals surface area contributed by atoms with Crippen LogP contribution in [-0.2, 0) is 4.79 Å². The van der Waals surface area contributed by atoms with E-state index in [4.69, 9.17) is 17.3 Å². The molecule has 1 atom stereocenters. The Morgan fingerprint density at radius 3 is 2.81 bits per heavy atom. The first kappa shape index (κ1) is 14.5. The van der Waals surface area contributed by atoms with E-state index in [1.54, 1.807) is 11.1 Å². The fraction of sp³-hybridized carbons (Fsp3) is 0.308. The zero-order valence-electron chi connectivity index (χ0n) is 10.9. The van der Waals surface area contributed by atoms with Gasteiger partial charge in [-0.15, -0.1) is 22.7 Å². The molecular weight excluding hydrogens is 330 g/mol. The van der Waals surface area contributed by atoms with Crippen LogP contribution in [0.4, 0.5) is 0 Å². The van der Waals surface area contributed by atoms with Gasteiger partial charge in [0.1, 0.15) is 9.88 Å². The second-order valence-electron chi connectivity index (χ2n) is 4.77. The zero-order chi connectivity index (χ0) is 15.0. The van der Waals surface area contributed by atoms with Crippen LogP contribution < -0.4 is 5.73 Å². The fourth-order valence-corrected chi connectivity index (χ4v) is 4.24. The number of carbonyl (C=O) groups excluding carboxylic acids is 2. The van der Waals surface area contributed by atoms with Gasteiger partial charge < -0.3 is 10.6 Å². The van der Waals surface area contributed by atoms with Crippen molar-refractivity contribution in [3.8, 4) is 9.88 Å². The second kappa shape index (κ2) is 5.75. The molecule has 21 heavy (non-hydrogen) atoms. The minimum absolute atomic E-state index is 0.0925. The highest BCUT2D eigenvalue weighted by molar-refractivity contribution is 7.24. The number of likely N-dealkylation sites (tertiary alicyclic amines) is 1. The third kappa shape index (κ3) is 2.95. The van der Waals surface area contributed by atoms with Crippen molar-refractivity contribution in [1.82, 2.24) is 9.88 Å². The molecule has 3 heterocycles. The topological polar surface area (TPSA) is 76.3 Å². The summed E-state index contributed by atoms with van der Waals surface area (Å²) in [4.78, 5) is 31.0. The van der Waals surface area contributed by atoms with Crippen molar-refractivity contribution in [2.45, 2.75) is 6.42 Å². The Morgan fingerprint density at radius 2 is 2.19 bits per heavy atom. The Labute approximate surface area is 134 Å². The summed E-state index contributed by atoms with van der Waals surface area (Å²) in [6, 6.07) is 3.70. The molecule has 5 nitrogen and oxygen atoms in total. The molecule has 0 saturated carbocycles. The van der Waals surface area contributed by atoms with E-state index in [9.17, 15) is 9.59 Å². The first-order valence-corrected chi connectivity index (χ1v) is 8.36. The van der Waals surface area contributed by atoms with Gasteiger partial charge in [0.2, 0.25) is 5.91 Å². The molecule has 0 radical (unpaired) electrons. The molecule has 1 aliphatic heterocycles. The molecule has 0 aliphatic carbocycles. The maximum Gasteiger partial charge on any atom is 0.265 e. The maximum atomic E-state index is 12.4. The van der Waals surface area contributed by atoms with E-state index in [0.717, 1.165) is 9.88 Å². The summed E-state index contributed by atoms with van der Waals surface area (Å²) in [5.74, 6) is -0.675. The summed E-state index contributed by atoms with van der Waals surface area (Å²) in [5, 5.41) is 0.779. The molecule has 3 rings (SSSR count). The van der Waals surface area contributed by atoms with Gasteiger partial charge in [-0.3, -0.25) is 9.59 Å². The Kier molecular flexibility index (Phi) is 3.97. The van der Waals surface area contributed by atoms with Gasteiger partial charge in [-0.25, -0.2) is 4.98 Å². The molecule has 8 heteroatoms. The van der Waals surface area contributed by atoms with Crippen LogP contribution in [0.25, 0.3) is 9.88 Å². The van der Waals surface area contributed by atoms with E-state index >= 15 is 0 Å². The number of nitrogens with two attached hydrogens (primary N) is 1. The number of rotatable bonds is 3. The molecule has 2 amide bonds. The molecule has 1 saturated heterocycles. The SMILES string of the molecule is NC(=O)[C@H]1CCN(C(=O)c2cnc(-c3ccc(Cl)s3)s2)C1. The quantitative estimate of drug-likeness (QED) is 0.931. The number of thiophene rings is 1. The monoisotopic (exact) mass is 341 g/mol. The number of amides is 2. The summed E-state index contributed by atoms with van der Waals surface area (Å²) >= 11 is 8.67. The Hall–Kier alpha value is -1.44. The van der Waals surface area contributed by atoms with Gasteiger partial charge in [-0.05, 0) is 18.6 Å². The molecular formula is C13H12ClN3O2S2. The average Bonchev–Trinajstić information content (AvgIpc) is 3.17. The lowest BCUT2D eigenvalue weighted by atomic mass is 10.1. The summed E-state index contributed by atoms with van der Waals surface area (Å²) < 4.78 is 0.692. The van der Waals surface area contributed by atoms with Crippen LogP contribution in [0.1, 0.15) is 16.1 Å². The lowest BCUT2D eigenvalue weighted by molar-refractivity contribution is -0.121. The molecule has 0 unspecified atom stereocenters. The minimum Gasteiger partial charge on any atom is -0.369 e. The first-order chi connectivity index (χ1) is 10.0. The molecule has 1 fully saturated rings. The van der Waals surface area contributed by atoms with Gasteiger partial charge in [0, 0.05) is 13.1 Å². The summed E-state index contributed by atoms with van der Waals surface area (Å²) in [5.41, 5.74) is 5.28. The van der Waals surface area contributed by atoms with Crippen LogP contribution in [0.15, 0.2) is 18.3 Å². The third-order valence-corrected chi connectivity index (χ3v) is 5.76. The molecule has 0 spiro atoms. The molecule has 2 aromatic heterocycles. The predicted molar refractivity (Wildman–Crippen MR) is 83.6 cm³/mol. The van der Waals surface area contributed by atoms with Crippen LogP contribution >= 0.6 is 34.3 Å². The second-order valence-corrected chi connectivity index (χ2v) is 7.52. The lowest BCUT2D eigenvalue weighted by Gasteiger charge is -2.14. The van der Waals surface area contributed by atoms with E-state index in [1.807, 2.05) is 12.1 Å². The molecule has 110 valence electrons. The molecule has 2 aromatic rings. The minimum atomic E-state index is -0.344. The van der Waals surface area contributed by atoms with Crippen molar-refractivity contribution in [3.05, 3.63) is 27.5 Å². The Morgan fingerprint density at radius 1 is 1.38 bits per heavy atom. The van der Waals surface area contributed by atoms with E-state index in [2.05, 4.69) is 4.98 Å². The van der Waals surface area contributed by atoms with Gasteiger partial charge in [0.05, 0.1) is 21.3 Å². The number of primary amides is 1. The van der Waals surface area contributed by atoms with Crippen LogP contribution in [0.2, 0.25) is 4.34 Å². The fourth-order valence-electron chi connectivity index (χ4n) is 2.25. The number of carbonyl (C=O) groups is 2. The average molecular weight is 342 g/mol. The molecule has 0 aromatic carbocycles. The highest BCUT2D eigenvalue weighted by Crippen LogP contribution is 2.34. The van der Waals surface area contributed by atoms with Gasteiger partial charge in [-0.1, -0.05) is 11.6 Å². The summed E-state index contributed by atoms with van der Waals surface area (Å²) in [6.07, 6.45) is 2.21. The van der Waals surface area contributed by atoms with E-state index in [1.165, 1.54) is 22.7 Å². The smallest absolute Gasteiger partial charge is 0.265 e. The zero-order valence-corrected chi connectivity index (χ0v) is 13.3. The first-order valence-electron chi connectivity index (χ1n) is 6.34. The van der Waals surface area contributed by atoms with Crippen LogP contribution in [-0.4, -0.2) is 34.8 Å². The molecule has 0 bridgehead atoms. The van der Waals surface area contributed by atoms with Crippen molar-refractivity contribution >= 4 is 46.1 Å². The summed E-state index contributed by atoms with van der Waals surface area (Å²) in [6.45, 7) is 0.955. The van der Waals surface area contributed by atoms with Crippen molar-refractivity contribution in [2.24, 2.45) is 11.7 Å². The van der Waals surface area contributed by atoms with Gasteiger partial charge in [-0.2, -0.15) is 0 Å². The Balaban J connectivity index is 1.74. The van der Waals surface area contributed by atoms with Gasteiger partial charge >= 0.3 is 0 Å². The van der Waals surface area contributed by atoms with E-state index in [0.29, 0.717) is 28.7 Å². The van der Waals surface area contributed by atoms with E-state index < -0.39 is 0 Å². The number of nitrogens with zero attached hydrogens (tertiary/aromatic N) is 2. The van der Waals surface area contributed by atoms with Gasteiger partial charge in [0.15, 0.2) is 0 Å². The number of aromatic nitrogens is 1. The number of thiazole rings is 1. The number of hydrogen-bond donors (Lipinski definition) is 1. The van der Waals surface area contributed by atoms with Crippen LogP contribution in [0.5, 0.6) is 0 Å². The van der Waals surface area contributed by atoms with E-state index in [-0.39, 0.29) is 17.7 Å². The van der Waals surface area contributed by atoms with Crippen molar-refractivity contribution < 1.29 is 9.59 Å². The molecule has 1 aliphatic rings. The maximum absolute atomic E-state index is 12.4. The third-order valence-electron chi connectivity index (χ3n) is 3.38. The standard InChI is InChI=1S/C13H12ClN3O2S2/c14-10-2-1-8(20-10)12-16-5-9(21-12)13(19)17-4-3-7(6-17)11(15)18/h1-2,5,7H,3-4,6H2,(H2,15,18)/t7-/m0/s1. The highest BCUT2D eigenvalue weighted by Gasteiger charge is 2.31. The van der Waals surface area contributed by atoms with Gasteiger partial charge in [0.25, 0.3) is 5.91 Å². The van der Waals surface area contributed by atoms with Crippen LogP contribution in [0, 0.1) is 5.92 Å².